The predicted octanol–water partition coefficient (Wildman–Crippen LogP) is 3.30. The predicted molar refractivity (Wildman–Crippen MR) is 55.2 cm³/mol. The molecule has 0 aliphatic heterocycles. The fourth-order valence-electron chi connectivity index (χ4n) is 0.845. The summed E-state index contributed by atoms with van der Waals surface area (Å²) in [7, 11) is -1.11. The van der Waals surface area contributed by atoms with Crippen molar-refractivity contribution in [2.75, 3.05) is 0 Å². The Hall–Kier alpha value is -0.223. The summed E-state index contributed by atoms with van der Waals surface area (Å²) in [4.78, 5) is 0. The average Bonchev–Trinajstić information content (AvgIpc) is 1.83. The number of hydrogen-bond donors (Lipinski definition) is 0. The van der Waals surface area contributed by atoms with Gasteiger partial charge in [-0.15, -0.1) is 11.5 Å². The van der Waals surface area contributed by atoms with Crippen molar-refractivity contribution < 1.29 is 0 Å². The number of rotatable bonds is 2. The first-order valence-electron chi connectivity index (χ1n) is 4.48. The summed E-state index contributed by atoms with van der Waals surface area (Å²) in [6, 6.07) is 0. The lowest BCUT2D eigenvalue weighted by atomic mass is 10.1. The molecule has 64 valence electrons. The lowest BCUT2D eigenvalue weighted by molar-refractivity contribution is 0.653. The molecule has 11 heavy (non-hydrogen) atoms. The molecule has 0 rings (SSSR count). The lowest BCUT2D eigenvalue weighted by Gasteiger charge is -2.05. The minimum absolute atomic E-state index is 0.603. The van der Waals surface area contributed by atoms with Crippen LogP contribution in [-0.4, -0.2) is 8.07 Å². The summed E-state index contributed by atoms with van der Waals surface area (Å²) in [6.45, 7) is 11.3. The van der Waals surface area contributed by atoms with Crippen molar-refractivity contribution >= 4 is 8.07 Å². The second kappa shape index (κ2) is 4.61. The summed E-state index contributed by atoms with van der Waals surface area (Å²) < 4.78 is 0. The molecule has 0 aromatic carbocycles. The Bertz CT molecular complexity index is 154. The molecule has 0 nitrogen and oxygen atoms in total. The summed E-state index contributed by atoms with van der Waals surface area (Å²) in [6.07, 6.45) is 2.50. The molecule has 0 aliphatic carbocycles. The van der Waals surface area contributed by atoms with Gasteiger partial charge >= 0.3 is 0 Å². The minimum atomic E-state index is -1.11. The van der Waals surface area contributed by atoms with Gasteiger partial charge in [-0.2, -0.15) is 0 Å². The van der Waals surface area contributed by atoms with Gasteiger partial charge in [0, 0.05) is 5.92 Å². The van der Waals surface area contributed by atoms with Crippen molar-refractivity contribution in [1.82, 2.24) is 0 Å². The second-order valence-corrected chi connectivity index (χ2v) is 8.96. The molecule has 0 saturated carbocycles. The van der Waals surface area contributed by atoms with E-state index in [1.165, 1.54) is 12.8 Å². The molecule has 1 unspecified atom stereocenters. The largest absolute Gasteiger partial charge is 0.132 e. The van der Waals surface area contributed by atoms with E-state index in [1.807, 2.05) is 0 Å². The van der Waals surface area contributed by atoms with Gasteiger partial charge in [-0.25, -0.2) is 0 Å². The third-order valence-corrected chi connectivity index (χ3v) is 2.31. The van der Waals surface area contributed by atoms with Crippen LogP contribution in [0.2, 0.25) is 19.6 Å². The highest BCUT2D eigenvalue weighted by molar-refractivity contribution is 6.83. The summed E-state index contributed by atoms with van der Waals surface area (Å²) in [5, 5.41) is 0. The van der Waals surface area contributed by atoms with Gasteiger partial charge in [-0.1, -0.05) is 39.9 Å². The molecular formula is C10H20Si. The van der Waals surface area contributed by atoms with E-state index in [4.69, 9.17) is 0 Å². The van der Waals surface area contributed by atoms with Crippen molar-refractivity contribution in [2.45, 2.75) is 46.3 Å². The molecule has 0 aliphatic rings. The Morgan fingerprint density at radius 3 is 2.18 bits per heavy atom. The van der Waals surface area contributed by atoms with E-state index >= 15 is 0 Å². The molecule has 0 bridgehead atoms. The molecule has 0 spiro atoms. The molecular weight excluding hydrogens is 148 g/mol. The van der Waals surface area contributed by atoms with Gasteiger partial charge in [0.15, 0.2) is 0 Å². The van der Waals surface area contributed by atoms with Crippen molar-refractivity contribution in [2.24, 2.45) is 5.92 Å². The Morgan fingerprint density at radius 1 is 1.27 bits per heavy atom. The zero-order valence-corrected chi connectivity index (χ0v) is 9.49. The molecule has 0 aromatic rings. The monoisotopic (exact) mass is 168 g/mol. The van der Waals surface area contributed by atoms with E-state index in [-0.39, 0.29) is 0 Å². The van der Waals surface area contributed by atoms with Gasteiger partial charge < -0.3 is 0 Å². The minimum Gasteiger partial charge on any atom is -0.132 e. The van der Waals surface area contributed by atoms with E-state index in [1.54, 1.807) is 0 Å². The summed E-state index contributed by atoms with van der Waals surface area (Å²) in [5.74, 6) is 3.94. The maximum Gasteiger partial charge on any atom is 0.129 e. The second-order valence-electron chi connectivity index (χ2n) is 4.21. The molecule has 0 amide bonds. The van der Waals surface area contributed by atoms with E-state index < -0.39 is 8.07 Å². The highest BCUT2D eigenvalue weighted by Crippen LogP contribution is 2.04. The lowest BCUT2D eigenvalue weighted by Crippen LogP contribution is -2.16. The SMILES string of the molecule is CCCC(C)C#C[Si](C)(C)C. The normalized spacial score (nSPS) is 13.5. The molecule has 0 radical (unpaired) electrons. The first-order chi connectivity index (χ1) is 4.95. The van der Waals surface area contributed by atoms with Crippen LogP contribution in [0.3, 0.4) is 0 Å². The first kappa shape index (κ1) is 10.8. The maximum atomic E-state index is 3.40. The van der Waals surface area contributed by atoms with Gasteiger partial charge in [0.1, 0.15) is 8.07 Å². The third kappa shape index (κ3) is 7.68. The van der Waals surface area contributed by atoms with Gasteiger partial charge in [-0.3, -0.25) is 0 Å². The highest BCUT2D eigenvalue weighted by Gasteiger charge is 2.07. The van der Waals surface area contributed by atoms with Crippen molar-refractivity contribution in [3.05, 3.63) is 0 Å². The molecule has 1 heteroatoms. The smallest absolute Gasteiger partial charge is 0.129 e. The molecule has 0 fully saturated rings. The van der Waals surface area contributed by atoms with Crippen LogP contribution in [0.1, 0.15) is 26.7 Å². The Labute approximate surface area is 72.4 Å². The van der Waals surface area contributed by atoms with Crippen molar-refractivity contribution in [3.8, 4) is 11.5 Å². The Balaban J connectivity index is 3.87. The highest BCUT2D eigenvalue weighted by atomic mass is 28.3. The molecule has 0 aromatic heterocycles. The van der Waals surface area contributed by atoms with Gasteiger partial charge in [0.05, 0.1) is 0 Å². The van der Waals surface area contributed by atoms with Gasteiger partial charge in [-0.05, 0) is 6.42 Å². The van der Waals surface area contributed by atoms with E-state index in [0.717, 1.165) is 0 Å². The zero-order chi connectivity index (χ0) is 8.91. The topological polar surface area (TPSA) is 0 Å². The van der Waals surface area contributed by atoms with E-state index in [2.05, 4.69) is 45.0 Å². The van der Waals surface area contributed by atoms with Gasteiger partial charge in [0.2, 0.25) is 0 Å². The van der Waals surface area contributed by atoms with Crippen LogP contribution >= 0.6 is 0 Å². The molecule has 0 saturated heterocycles. The fourth-order valence-corrected chi connectivity index (χ4v) is 1.52. The van der Waals surface area contributed by atoms with Crippen LogP contribution in [0.15, 0.2) is 0 Å². The molecule has 1 atom stereocenters. The fraction of sp³-hybridized carbons (Fsp3) is 0.800. The molecule has 0 heterocycles. The van der Waals surface area contributed by atoms with Crippen molar-refractivity contribution in [3.63, 3.8) is 0 Å². The van der Waals surface area contributed by atoms with E-state index in [9.17, 15) is 0 Å². The first-order valence-corrected chi connectivity index (χ1v) is 7.98. The van der Waals surface area contributed by atoms with Crippen LogP contribution < -0.4 is 0 Å². The van der Waals surface area contributed by atoms with Crippen LogP contribution in [0, 0.1) is 17.4 Å². The van der Waals surface area contributed by atoms with Crippen LogP contribution in [-0.2, 0) is 0 Å². The standard InChI is InChI=1S/C10H20Si/c1-6-7-10(2)8-9-11(3,4)5/h10H,6-7H2,1-5H3. The van der Waals surface area contributed by atoms with Crippen LogP contribution in [0.5, 0.6) is 0 Å². The third-order valence-electron chi connectivity index (χ3n) is 1.42. The van der Waals surface area contributed by atoms with Crippen LogP contribution in [0.25, 0.3) is 0 Å². The van der Waals surface area contributed by atoms with Crippen molar-refractivity contribution in [1.29, 1.82) is 0 Å². The Morgan fingerprint density at radius 2 is 1.82 bits per heavy atom. The van der Waals surface area contributed by atoms with Gasteiger partial charge in [0.25, 0.3) is 0 Å². The van der Waals surface area contributed by atoms with E-state index in [0.29, 0.717) is 5.92 Å². The quantitative estimate of drug-likeness (QED) is 0.438. The zero-order valence-electron chi connectivity index (χ0n) is 8.49. The maximum absolute atomic E-state index is 3.40. The molecule has 0 N–H and O–H groups in total. The number of hydrogen-bond acceptors (Lipinski definition) is 0. The summed E-state index contributed by atoms with van der Waals surface area (Å²) in [5.41, 5.74) is 3.40. The van der Waals surface area contributed by atoms with Crippen LogP contribution in [0.4, 0.5) is 0 Å². The average molecular weight is 168 g/mol. The Kier molecular flexibility index (Phi) is 4.52. The summed E-state index contributed by atoms with van der Waals surface area (Å²) >= 11 is 0.